The summed E-state index contributed by atoms with van der Waals surface area (Å²) in [7, 11) is -0.270. The zero-order valence-electron chi connectivity index (χ0n) is 18.1. The van der Waals surface area contributed by atoms with Gasteiger partial charge in [0.2, 0.25) is 0 Å². The molecule has 0 aliphatic rings. The Labute approximate surface area is 186 Å². The zero-order valence-corrected chi connectivity index (χ0v) is 18.9. The summed E-state index contributed by atoms with van der Waals surface area (Å²) < 4.78 is 10.5. The molecule has 4 nitrogen and oxygen atoms in total. The normalized spacial score (nSPS) is 10.7. The molecule has 3 rings (SSSR count). The van der Waals surface area contributed by atoms with Gasteiger partial charge in [-0.1, -0.05) is 36.4 Å². The predicted molar refractivity (Wildman–Crippen MR) is 122 cm³/mol. The topological polar surface area (TPSA) is 52.6 Å². The van der Waals surface area contributed by atoms with Gasteiger partial charge in [-0.25, -0.2) is 0 Å². The van der Waals surface area contributed by atoms with Crippen molar-refractivity contribution >= 4 is 22.8 Å². The summed E-state index contributed by atoms with van der Waals surface area (Å²) in [4.78, 5) is 27.4. The predicted octanol–water partition coefficient (Wildman–Crippen LogP) is 5.65. The summed E-state index contributed by atoms with van der Waals surface area (Å²) in [6.45, 7) is 5.94. The maximum Gasteiger partial charge on any atom is 0.311 e. The molecule has 31 heavy (non-hydrogen) atoms. The molecule has 0 aromatic heterocycles. The first-order valence-corrected chi connectivity index (χ1v) is 11.5. The Hall–Kier alpha value is -3.05. The molecule has 160 valence electrons. The molecule has 0 atom stereocenters. The fraction of sp³-hybridized carbons (Fsp3) is 0.231. The van der Waals surface area contributed by atoms with Crippen LogP contribution >= 0.6 is 0 Å². The van der Waals surface area contributed by atoms with Crippen LogP contribution in [-0.2, 0) is 25.2 Å². The van der Waals surface area contributed by atoms with Crippen LogP contribution < -0.4 is 4.74 Å². The van der Waals surface area contributed by atoms with Crippen molar-refractivity contribution in [1.29, 1.82) is 0 Å². The molecular weight excluding hydrogens is 408 g/mol. The van der Waals surface area contributed by atoms with Crippen LogP contribution in [0, 0.1) is 13.8 Å². The van der Waals surface area contributed by atoms with Gasteiger partial charge in [0, 0.05) is 12.1 Å². The molecule has 5 heteroatoms. The number of ether oxygens (including phenoxy) is 2. The van der Waals surface area contributed by atoms with Crippen molar-refractivity contribution in [1.82, 2.24) is 0 Å². The average molecular weight is 436 g/mol. The summed E-state index contributed by atoms with van der Waals surface area (Å²) in [5, 5.41) is 0. The second kappa shape index (κ2) is 10.8. The summed E-state index contributed by atoms with van der Waals surface area (Å²) in [6.07, 6.45) is 0.0200. The first kappa shape index (κ1) is 22.6. The van der Waals surface area contributed by atoms with Crippen molar-refractivity contribution < 1.29 is 19.1 Å². The van der Waals surface area contributed by atoms with Crippen molar-refractivity contribution in [2.24, 2.45) is 0 Å². The number of benzene rings is 3. The SMILES string of the molecule is CCOC(=O)CCC(=O)Oc1c(C)cc([S+](c2ccccc2)c2ccccc2)cc1C. The molecule has 0 saturated heterocycles. The Morgan fingerprint density at radius 1 is 0.742 bits per heavy atom. The second-order valence-corrected chi connectivity index (χ2v) is 9.12. The number of rotatable bonds is 8. The first-order valence-electron chi connectivity index (χ1n) is 10.3. The molecule has 0 saturated carbocycles. The van der Waals surface area contributed by atoms with Gasteiger partial charge < -0.3 is 9.47 Å². The lowest BCUT2D eigenvalue weighted by Gasteiger charge is -2.14. The highest BCUT2D eigenvalue weighted by molar-refractivity contribution is 7.97. The van der Waals surface area contributed by atoms with E-state index in [1.807, 2.05) is 26.0 Å². The smallest absolute Gasteiger partial charge is 0.311 e. The van der Waals surface area contributed by atoms with E-state index >= 15 is 0 Å². The van der Waals surface area contributed by atoms with E-state index in [1.54, 1.807) is 6.92 Å². The number of hydrogen-bond acceptors (Lipinski definition) is 4. The van der Waals surface area contributed by atoms with E-state index in [9.17, 15) is 9.59 Å². The fourth-order valence-electron chi connectivity index (χ4n) is 3.31. The Morgan fingerprint density at radius 2 is 1.23 bits per heavy atom. The number of hydrogen-bond donors (Lipinski definition) is 0. The van der Waals surface area contributed by atoms with Crippen molar-refractivity contribution in [3.05, 3.63) is 83.9 Å². The van der Waals surface area contributed by atoms with E-state index in [-0.39, 0.29) is 23.7 Å². The monoisotopic (exact) mass is 435 g/mol. The molecule has 3 aromatic carbocycles. The third-order valence-electron chi connectivity index (χ3n) is 4.68. The van der Waals surface area contributed by atoms with Crippen LogP contribution in [0.4, 0.5) is 0 Å². The molecule has 0 spiro atoms. The lowest BCUT2D eigenvalue weighted by molar-refractivity contribution is -0.146. The van der Waals surface area contributed by atoms with Gasteiger partial charge in [0.05, 0.1) is 30.3 Å². The van der Waals surface area contributed by atoms with Crippen LogP contribution in [0.3, 0.4) is 0 Å². The molecule has 0 aliphatic carbocycles. The molecule has 0 fully saturated rings. The Balaban J connectivity index is 1.87. The van der Waals surface area contributed by atoms with E-state index in [0.717, 1.165) is 11.1 Å². The van der Waals surface area contributed by atoms with E-state index < -0.39 is 11.9 Å². The van der Waals surface area contributed by atoms with Gasteiger partial charge in [0.15, 0.2) is 14.7 Å². The minimum Gasteiger partial charge on any atom is -0.466 e. The lowest BCUT2D eigenvalue weighted by atomic mass is 10.1. The van der Waals surface area contributed by atoms with Gasteiger partial charge in [0.1, 0.15) is 5.75 Å². The van der Waals surface area contributed by atoms with Gasteiger partial charge >= 0.3 is 11.9 Å². The average Bonchev–Trinajstić information content (AvgIpc) is 2.77. The van der Waals surface area contributed by atoms with E-state index in [0.29, 0.717) is 12.4 Å². The van der Waals surface area contributed by atoms with Crippen LogP contribution in [0.25, 0.3) is 0 Å². The van der Waals surface area contributed by atoms with Crippen molar-refractivity contribution in [3.63, 3.8) is 0 Å². The number of carbonyl (C=O) groups is 2. The van der Waals surface area contributed by atoms with Gasteiger partial charge in [-0.15, -0.1) is 0 Å². The standard InChI is InChI=1S/C26H27O4S/c1-4-29-24(27)15-16-25(28)30-26-19(2)17-23(18-20(26)3)31(21-11-7-5-8-12-21)22-13-9-6-10-14-22/h5-14,17-18H,4,15-16H2,1-3H3/q+1. The Kier molecular flexibility index (Phi) is 7.90. The van der Waals surface area contributed by atoms with Crippen molar-refractivity contribution in [3.8, 4) is 5.75 Å². The van der Waals surface area contributed by atoms with E-state index in [1.165, 1.54) is 14.7 Å². The minimum absolute atomic E-state index is 0.00211. The quantitative estimate of drug-likeness (QED) is 0.261. The molecular formula is C26H27O4S+. The molecule has 0 amide bonds. The molecule has 0 radical (unpaired) electrons. The van der Waals surface area contributed by atoms with E-state index in [2.05, 4.69) is 60.7 Å². The molecule has 0 N–H and O–H groups in total. The molecule has 0 unspecified atom stereocenters. The van der Waals surface area contributed by atoms with Crippen LogP contribution in [-0.4, -0.2) is 18.5 Å². The Bertz CT molecular complexity index is 969. The highest BCUT2D eigenvalue weighted by Gasteiger charge is 2.30. The summed E-state index contributed by atoms with van der Waals surface area (Å²) in [6, 6.07) is 25.0. The largest absolute Gasteiger partial charge is 0.466 e. The number of aryl methyl sites for hydroxylation is 2. The molecule has 0 bridgehead atoms. The number of esters is 2. The van der Waals surface area contributed by atoms with Gasteiger partial charge in [-0.05, 0) is 56.2 Å². The maximum atomic E-state index is 12.3. The van der Waals surface area contributed by atoms with E-state index in [4.69, 9.17) is 9.47 Å². The third kappa shape index (κ3) is 5.98. The van der Waals surface area contributed by atoms with Crippen LogP contribution in [0.2, 0.25) is 0 Å². The van der Waals surface area contributed by atoms with Crippen LogP contribution in [0.5, 0.6) is 5.75 Å². The van der Waals surface area contributed by atoms with Crippen LogP contribution in [0.15, 0.2) is 87.5 Å². The third-order valence-corrected chi connectivity index (χ3v) is 6.88. The highest BCUT2D eigenvalue weighted by atomic mass is 32.2. The number of carbonyl (C=O) groups excluding carboxylic acids is 2. The second-order valence-electron chi connectivity index (χ2n) is 7.10. The molecule has 0 heterocycles. The highest BCUT2D eigenvalue weighted by Crippen LogP contribution is 2.35. The molecule has 3 aromatic rings. The van der Waals surface area contributed by atoms with Gasteiger partial charge in [-0.2, -0.15) is 0 Å². The summed E-state index contributed by atoms with van der Waals surface area (Å²) >= 11 is 0. The van der Waals surface area contributed by atoms with Gasteiger partial charge in [0.25, 0.3) is 0 Å². The summed E-state index contributed by atoms with van der Waals surface area (Å²) in [5.74, 6) is -0.266. The lowest BCUT2D eigenvalue weighted by Crippen LogP contribution is -2.14. The maximum absolute atomic E-state index is 12.3. The summed E-state index contributed by atoms with van der Waals surface area (Å²) in [5.41, 5.74) is 1.78. The van der Waals surface area contributed by atoms with Crippen molar-refractivity contribution in [2.75, 3.05) is 6.61 Å². The zero-order chi connectivity index (χ0) is 22.2. The molecule has 0 aliphatic heterocycles. The minimum atomic E-state index is -0.433. The van der Waals surface area contributed by atoms with Gasteiger partial charge in [-0.3, -0.25) is 9.59 Å². The first-order chi connectivity index (χ1) is 15.0. The van der Waals surface area contributed by atoms with Crippen LogP contribution in [0.1, 0.15) is 30.9 Å². The Morgan fingerprint density at radius 3 is 1.71 bits per heavy atom. The fourth-order valence-corrected chi connectivity index (χ4v) is 5.58. The van der Waals surface area contributed by atoms with Crippen molar-refractivity contribution in [2.45, 2.75) is 48.3 Å².